The number of nitrogens with zero attached hydrogens (tertiary/aromatic N) is 2. The van der Waals surface area contributed by atoms with Crippen molar-refractivity contribution < 1.29 is 19.7 Å². The van der Waals surface area contributed by atoms with Crippen LogP contribution in [0.2, 0.25) is 5.02 Å². The van der Waals surface area contributed by atoms with E-state index in [4.69, 9.17) is 28.6 Å². The SMILES string of the molecule is COc1ccc2ncc(Cl)c([C@H](O)CCC3(C(=O)O)CCN(CCC(=S)c4ccsc4)CC3)c2c1. The number of hydrogen-bond donors (Lipinski definition) is 2. The van der Waals surface area contributed by atoms with Gasteiger partial charge < -0.3 is 19.8 Å². The summed E-state index contributed by atoms with van der Waals surface area (Å²) >= 11 is 13.6. The lowest BCUT2D eigenvalue weighted by molar-refractivity contribution is -0.153. The molecule has 35 heavy (non-hydrogen) atoms. The summed E-state index contributed by atoms with van der Waals surface area (Å²) < 4.78 is 5.32. The molecule has 3 aromatic rings. The summed E-state index contributed by atoms with van der Waals surface area (Å²) in [6, 6.07) is 7.47. The lowest BCUT2D eigenvalue weighted by Gasteiger charge is -2.39. The largest absolute Gasteiger partial charge is 0.497 e. The molecule has 2 aromatic heterocycles. The van der Waals surface area contributed by atoms with Gasteiger partial charge in [-0.1, -0.05) is 23.8 Å². The van der Waals surface area contributed by atoms with E-state index in [0.29, 0.717) is 66.0 Å². The number of halogens is 1. The Labute approximate surface area is 219 Å². The third kappa shape index (κ3) is 5.84. The first-order valence-electron chi connectivity index (χ1n) is 11.6. The van der Waals surface area contributed by atoms with E-state index < -0.39 is 17.5 Å². The third-order valence-electron chi connectivity index (χ3n) is 7.06. The number of aromatic nitrogens is 1. The summed E-state index contributed by atoms with van der Waals surface area (Å²) in [5.74, 6) is -0.159. The zero-order valence-electron chi connectivity index (χ0n) is 19.6. The van der Waals surface area contributed by atoms with Crippen LogP contribution in [0.15, 0.2) is 41.2 Å². The molecule has 186 valence electrons. The minimum Gasteiger partial charge on any atom is -0.497 e. The monoisotopic (exact) mass is 532 g/mol. The van der Waals surface area contributed by atoms with Crippen molar-refractivity contribution in [3.05, 3.63) is 57.4 Å². The Morgan fingerprint density at radius 2 is 2.11 bits per heavy atom. The Bertz CT molecular complexity index is 1190. The van der Waals surface area contributed by atoms with Crippen molar-refractivity contribution in [3.63, 3.8) is 0 Å². The summed E-state index contributed by atoms with van der Waals surface area (Å²) in [5, 5.41) is 26.4. The van der Waals surface area contributed by atoms with Crippen LogP contribution in [0.3, 0.4) is 0 Å². The molecule has 0 bridgehead atoms. The molecule has 2 N–H and O–H groups in total. The van der Waals surface area contributed by atoms with Crippen LogP contribution in [0.1, 0.15) is 49.3 Å². The second-order valence-electron chi connectivity index (χ2n) is 9.07. The number of hydrogen-bond acceptors (Lipinski definition) is 7. The van der Waals surface area contributed by atoms with Crippen LogP contribution in [-0.4, -0.2) is 57.7 Å². The van der Waals surface area contributed by atoms with E-state index in [-0.39, 0.29) is 0 Å². The van der Waals surface area contributed by atoms with E-state index in [0.717, 1.165) is 23.4 Å². The van der Waals surface area contributed by atoms with Crippen LogP contribution in [0.4, 0.5) is 0 Å². The van der Waals surface area contributed by atoms with Gasteiger partial charge in [-0.25, -0.2) is 0 Å². The smallest absolute Gasteiger partial charge is 0.309 e. The first-order chi connectivity index (χ1) is 16.8. The van der Waals surface area contributed by atoms with Gasteiger partial charge in [0.05, 0.1) is 29.2 Å². The maximum absolute atomic E-state index is 12.3. The fourth-order valence-corrected chi connectivity index (χ4v) is 6.03. The number of thiocarbonyl (C=S) groups is 1. The predicted octanol–water partition coefficient (Wildman–Crippen LogP) is 5.75. The number of benzene rings is 1. The fraction of sp³-hybridized carbons (Fsp3) is 0.423. The first kappa shape index (κ1) is 26.0. The first-order valence-corrected chi connectivity index (χ1v) is 13.4. The number of rotatable bonds is 10. The number of ether oxygens (including phenoxy) is 1. The van der Waals surface area contributed by atoms with Crippen LogP contribution in [0, 0.1) is 5.41 Å². The van der Waals surface area contributed by atoms with Crippen molar-refractivity contribution in [2.24, 2.45) is 5.41 Å². The summed E-state index contributed by atoms with van der Waals surface area (Å²) in [6.45, 7) is 2.23. The molecule has 1 fully saturated rings. The lowest BCUT2D eigenvalue weighted by atomic mass is 9.74. The molecule has 1 saturated heterocycles. The highest BCUT2D eigenvalue weighted by atomic mass is 35.5. The highest BCUT2D eigenvalue weighted by molar-refractivity contribution is 7.80. The van der Waals surface area contributed by atoms with Gasteiger partial charge in [-0.05, 0) is 85.8 Å². The highest BCUT2D eigenvalue weighted by Gasteiger charge is 2.41. The number of thiophene rings is 1. The molecule has 1 aromatic carbocycles. The van der Waals surface area contributed by atoms with Gasteiger partial charge in [0, 0.05) is 28.6 Å². The van der Waals surface area contributed by atoms with Crippen LogP contribution in [0.5, 0.6) is 5.75 Å². The van der Waals surface area contributed by atoms with E-state index in [2.05, 4.69) is 15.3 Å². The number of piperidine rings is 1. The molecule has 4 rings (SSSR count). The number of fused-ring (bicyclic) bond motifs is 1. The molecule has 0 aliphatic carbocycles. The molecule has 1 aliphatic heterocycles. The summed E-state index contributed by atoms with van der Waals surface area (Å²) in [6.07, 6.45) is 3.16. The Morgan fingerprint density at radius 1 is 1.34 bits per heavy atom. The quantitative estimate of drug-likeness (QED) is 0.254. The van der Waals surface area contributed by atoms with Gasteiger partial charge in [0.2, 0.25) is 0 Å². The zero-order chi connectivity index (χ0) is 25.0. The van der Waals surface area contributed by atoms with Gasteiger partial charge in [-0.3, -0.25) is 9.78 Å². The Morgan fingerprint density at radius 3 is 2.77 bits per heavy atom. The number of methoxy groups -OCH3 is 1. The molecular formula is C26H29ClN2O4S2. The average molecular weight is 533 g/mol. The summed E-state index contributed by atoms with van der Waals surface area (Å²) in [7, 11) is 1.58. The minimum atomic E-state index is -0.905. The molecule has 0 amide bonds. The Balaban J connectivity index is 1.40. The van der Waals surface area contributed by atoms with Crippen molar-refractivity contribution in [2.75, 3.05) is 26.7 Å². The summed E-state index contributed by atoms with van der Waals surface area (Å²) in [4.78, 5) is 19.9. The molecular weight excluding hydrogens is 504 g/mol. The molecule has 0 unspecified atom stereocenters. The molecule has 1 atom stereocenters. The molecule has 1 aliphatic rings. The number of carboxylic acids is 1. The predicted molar refractivity (Wildman–Crippen MR) is 144 cm³/mol. The number of aliphatic hydroxyl groups excluding tert-OH is 1. The summed E-state index contributed by atoms with van der Waals surface area (Å²) in [5.41, 5.74) is 1.51. The normalized spacial score (nSPS) is 16.8. The molecule has 0 saturated carbocycles. The van der Waals surface area contributed by atoms with Crippen LogP contribution >= 0.6 is 35.2 Å². The fourth-order valence-electron chi connectivity index (χ4n) is 4.79. The standard InChI is InChI=1S/C26H29ClN2O4S2/c1-33-18-2-3-21-19(14-18)24(20(27)15-28-21)22(30)4-7-26(25(31)32)8-11-29(12-9-26)10-5-23(34)17-6-13-35-16-17/h2-3,6,13-16,22,30H,4-5,7-12H2,1H3,(H,31,32)/t22-/m1/s1. The average Bonchev–Trinajstić information content (AvgIpc) is 3.41. The number of carbonyl (C=O) groups is 1. The van der Waals surface area contributed by atoms with E-state index in [1.54, 1.807) is 30.6 Å². The number of carboxylic acid groups (broad SMARTS) is 1. The van der Waals surface area contributed by atoms with Gasteiger partial charge in [0.25, 0.3) is 0 Å². The molecule has 3 heterocycles. The van der Waals surface area contributed by atoms with E-state index in [9.17, 15) is 15.0 Å². The molecule has 0 spiro atoms. The van der Waals surface area contributed by atoms with Crippen molar-refractivity contribution in [2.45, 2.75) is 38.2 Å². The van der Waals surface area contributed by atoms with Crippen molar-refractivity contribution >= 4 is 56.9 Å². The Kier molecular flexibility index (Phi) is 8.39. The van der Waals surface area contributed by atoms with Gasteiger partial charge in [0.1, 0.15) is 5.75 Å². The van der Waals surface area contributed by atoms with Crippen molar-refractivity contribution in [1.29, 1.82) is 0 Å². The lowest BCUT2D eigenvalue weighted by Crippen LogP contribution is -2.45. The maximum atomic E-state index is 12.3. The third-order valence-corrected chi connectivity index (χ3v) is 8.49. The highest BCUT2D eigenvalue weighted by Crippen LogP contribution is 2.41. The van der Waals surface area contributed by atoms with Gasteiger partial charge in [-0.15, -0.1) is 0 Å². The topological polar surface area (TPSA) is 82.9 Å². The number of likely N-dealkylation sites (tertiary alicyclic amines) is 1. The van der Waals surface area contributed by atoms with Crippen LogP contribution in [-0.2, 0) is 4.79 Å². The van der Waals surface area contributed by atoms with Crippen LogP contribution in [0.25, 0.3) is 10.9 Å². The molecule has 6 nitrogen and oxygen atoms in total. The number of aliphatic carboxylic acids is 1. The van der Waals surface area contributed by atoms with E-state index in [1.165, 1.54) is 6.20 Å². The minimum absolute atomic E-state index is 0.296. The van der Waals surface area contributed by atoms with Crippen molar-refractivity contribution in [1.82, 2.24) is 9.88 Å². The number of pyridine rings is 1. The van der Waals surface area contributed by atoms with Gasteiger partial charge >= 0.3 is 5.97 Å². The second-order valence-corrected chi connectivity index (χ2v) is 10.7. The molecule has 9 heteroatoms. The Hall–Kier alpha value is -2.10. The maximum Gasteiger partial charge on any atom is 0.309 e. The van der Waals surface area contributed by atoms with E-state index in [1.807, 2.05) is 17.5 Å². The van der Waals surface area contributed by atoms with Gasteiger partial charge in [-0.2, -0.15) is 11.3 Å². The van der Waals surface area contributed by atoms with E-state index >= 15 is 0 Å². The second kappa shape index (κ2) is 11.3. The van der Waals surface area contributed by atoms with Crippen LogP contribution < -0.4 is 4.74 Å². The number of aliphatic hydroxyl groups is 1. The van der Waals surface area contributed by atoms with Crippen molar-refractivity contribution in [3.8, 4) is 5.75 Å². The molecule has 0 radical (unpaired) electrons. The van der Waals surface area contributed by atoms with Gasteiger partial charge in [0.15, 0.2) is 0 Å². The zero-order valence-corrected chi connectivity index (χ0v) is 22.0.